The number of carbonyl (C=O) groups is 1. The van der Waals surface area contributed by atoms with Crippen LogP contribution in [0.2, 0.25) is 0 Å². The number of amides is 1. The zero-order chi connectivity index (χ0) is 11.8. The molecule has 3 nitrogen and oxygen atoms in total. The smallest absolute Gasteiger partial charge is 0.254 e. The molecule has 90 valence electrons. The highest BCUT2D eigenvalue weighted by molar-refractivity contribution is 5.94. The Hall–Kier alpha value is -1.35. The van der Waals surface area contributed by atoms with Crippen LogP contribution in [0.3, 0.4) is 0 Å². The maximum Gasteiger partial charge on any atom is 0.254 e. The van der Waals surface area contributed by atoms with E-state index in [0.29, 0.717) is 18.0 Å². The van der Waals surface area contributed by atoms with E-state index in [9.17, 15) is 4.79 Å². The molecule has 3 atom stereocenters. The number of hydrogen-bond acceptors (Lipinski definition) is 2. The molecule has 1 heterocycles. The fourth-order valence-electron chi connectivity index (χ4n) is 3.15. The van der Waals surface area contributed by atoms with Crippen molar-refractivity contribution in [3.05, 3.63) is 35.9 Å². The van der Waals surface area contributed by atoms with E-state index in [1.165, 1.54) is 0 Å². The standard InChI is InChI=1S/C14H18N2O/c15-13-7-6-12-8-11(13)9-16(12)14(17)10-4-2-1-3-5-10/h1-5,11-13H,6-9,15H2. The van der Waals surface area contributed by atoms with Crippen molar-refractivity contribution < 1.29 is 4.79 Å². The third-order valence-electron chi connectivity index (χ3n) is 4.17. The van der Waals surface area contributed by atoms with Gasteiger partial charge in [-0.05, 0) is 37.3 Å². The second-order valence-corrected chi connectivity index (χ2v) is 5.21. The van der Waals surface area contributed by atoms with E-state index in [2.05, 4.69) is 0 Å². The normalized spacial score (nSPS) is 31.6. The summed E-state index contributed by atoms with van der Waals surface area (Å²) in [5.41, 5.74) is 6.88. The molecular formula is C14H18N2O. The summed E-state index contributed by atoms with van der Waals surface area (Å²) in [6.45, 7) is 0.847. The zero-order valence-electron chi connectivity index (χ0n) is 9.88. The van der Waals surface area contributed by atoms with E-state index in [0.717, 1.165) is 31.4 Å². The first-order valence-corrected chi connectivity index (χ1v) is 6.37. The highest BCUT2D eigenvalue weighted by atomic mass is 16.2. The lowest BCUT2D eigenvalue weighted by molar-refractivity contribution is 0.0733. The number of fused-ring (bicyclic) bond motifs is 2. The fraction of sp³-hybridized carbons (Fsp3) is 0.500. The van der Waals surface area contributed by atoms with Crippen LogP contribution in [-0.2, 0) is 0 Å². The van der Waals surface area contributed by atoms with Crippen LogP contribution in [0.5, 0.6) is 0 Å². The Kier molecular flexibility index (Phi) is 2.63. The van der Waals surface area contributed by atoms with Crippen LogP contribution in [0, 0.1) is 5.92 Å². The lowest BCUT2D eigenvalue weighted by Gasteiger charge is -2.26. The van der Waals surface area contributed by atoms with Crippen molar-refractivity contribution in [3.63, 3.8) is 0 Å². The third kappa shape index (κ3) is 1.84. The third-order valence-corrected chi connectivity index (χ3v) is 4.17. The van der Waals surface area contributed by atoms with Crippen LogP contribution >= 0.6 is 0 Å². The largest absolute Gasteiger partial charge is 0.335 e. The van der Waals surface area contributed by atoms with Crippen molar-refractivity contribution in [1.82, 2.24) is 4.90 Å². The van der Waals surface area contributed by atoms with Crippen LogP contribution in [-0.4, -0.2) is 29.4 Å². The monoisotopic (exact) mass is 230 g/mol. The van der Waals surface area contributed by atoms with E-state index < -0.39 is 0 Å². The average molecular weight is 230 g/mol. The lowest BCUT2D eigenvalue weighted by Crippen LogP contribution is -2.35. The predicted molar refractivity (Wildman–Crippen MR) is 66.6 cm³/mol. The molecule has 2 N–H and O–H groups in total. The highest BCUT2D eigenvalue weighted by Crippen LogP contribution is 2.35. The molecule has 1 saturated carbocycles. The maximum absolute atomic E-state index is 12.4. The second kappa shape index (κ2) is 4.15. The van der Waals surface area contributed by atoms with Crippen molar-refractivity contribution in [2.75, 3.05) is 6.54 Å². The van der Waals surface area contributed by atoms with E-state index in [1.54, 1.807) is 0 Å². The zero-order valence-corrected chi connectivity index (χ0v) is 9.88. The first-order valence-electron chi connectivity index (χ1n) is 6.37. The highest BCUT2D eigenvalue weighted by Gasteiger charge is 2.41. The molecule has 1 aromatic rings. The molecule has 3 unspecified atom stereocenters. The van der Waals surface area contributed by atoms with Crippen LogP contribution in [0.25, 0.3) is 0 Å². The molecule has 17 heavy (non-hydrogen) atoms. The molecular weight excluding hydrogens is 212 g/mol. The number of likely N-dealkylation sites (tertiary alicyclic amines) is 1. The van der Waals surface area contributed by atoms with Gasteiger partial charge in [-0.1, -0.05) is 18.2 Å². The second-order valence-electron chi connectivity index (χ2n) is 5.21. The number of hydrogen-bond donors (Lipinski definition) is 1. The van der Waals surface area contributed by atoms with Gasteiger partial charge in [-0.3, -0.25) is 4.79 Å². The molecule has 1 aliphatic carbocycles. The first kappa shape index (κ1) is 10.8. The molecule has 2 bridgehead atoms. The Labute approximate surface area is 102 Å². The van der Waals surface area contributed by atoms with Crippen molar-refractivity contribution in [2.45, 2.75) is 31.3 Å². The molecule has 0 radical (unpaired) electrons. The van der Waals surface area contributed by atoms with Crippen LogP contribution in [0.4, 0.5) is 0 Å². The summed E-state index contributed by atoms with van der Waals surface area (Å²) < 4.78 is 0. The molecule has 2 aliphatic rings. The van der Waals surface area contributed by atoms with Crippen LogP contribution in [0.15, 0.2) is 30.3 Å². The molecule has 3 heteroatoms. The summed E-state index contributed by atoms with van der Waals surface area (Å²) in [6, 6.07) is 10.3. The topological polar surface area (TPSA) is 46.3 Å². The Morgan fingerprint density at radius 2 is 2.00 bits per heavy atom. The summed E-state index contributed by atoms with van der Waals surface area (Å²) >= 11 is 0. The van der Waals surface area contributed by atoms with Gasteiger partial charge >= 0.3 is 0 Å². The molecule has 0 aromatic heterocycles. The molecule has 1 aromatic carbocycles. The Morgan fingerprint density at radius 3 is 2.71 bits per heavy atom. The maximum atomic E-state index is 12.4. The summed E-state index contributed by atoms with van der Waals surface area (Å²) in [7, 11) is 0. The van der Waals surface area contributed by atoms with Gasteiger partial charge in [-0.25, -0.2) is 0 Å². The van der Waals surface area contributed by atoms with Gasteiger partial charge in [0.2, 0.25) is 0 Å². The van der Waals surface area contributed by atoms with Crippen molar-refractivity contribution in [2.24, 2.45) is 11.7 Å². The minimum atomic E-state index is 0.173. The van der Waals surface area contributed by atoms with Gasteiger partial charge in [0.05, 0.1) is 0 Å². The number of nitrogens with two attached hydrogens (primary N) is 1. The Bertz CT molecular complexity index is 417. The molecule has 1 saturated heterocycles. The van der Waals surface area contributed by atoms with E-state index in [4.69, 9.17) is 5.73 Å². The predicted octanol–water partition coefficient (Wildman–Crippen LogP) is 1.64. The van der Waals surface area contributed by atoms with Crippen molar-refractivity contribution in [3.8, 4) is 0 Å². The summed E-state index contributed by atoms with van der Waals surface area (Å²) in [4.78, 5) is 14.4. The quantitative estimate of drug-likeness (QED) is 0.797. The molecule has 3 rings (SSSR count). The SMILES string of the molecule is NC1CCC2CC1CN2C(=O)c1ccccc1. The molecule has 0 spiro atoms. The van der Waals surface area contributed by atoms with E-state index in [-0.39, 0.29) is 5.91 Å². The van der Waals surface area contributed by atoms with Gasteiger partial charge in [-0.2, -0.15) is 0 Å². The number of nitrogens with zero attached hydrogens (tertiary/aromatic N) is 1. The minimum absolute atomic E-state index is 0.173. The van der Waals surface area contributed by atoms with Crippen molar-refractivity contribution >= 4 is 5.91 Å². The Morgan fingerprint density at radius 1 is 1.24 bits per heavy atom. The van der Waals surface area contributed by atoms with Gasteiger partial charge in [0.1, 0.15) is 0 Å². The molecule has 1 amide bonds. The van der Waals surface area contributed by atoms with E-state index in [1.807, 2.05) is 35.2 Å². The van der Waals surface area contributed by atoms with E-state index >= 15 is 0 Å². The minimum Gasteiger partial charge on any atom is -0.335 e. The Balaban J connectivity index is 1.80. The first-order chi connectivity index (χ1) is 8.25. The lowest BCUT2D eigenvalue weighted by atomic mass is 9.86. The van der Waals surface area contributed by atoms with Gasteiger partial charge in [-0.15, -0.1) is 0 Å². The molecule has 1 aliphatic heterocycles. The summed E-state index contributed by atoms with van der Waals surface area (Å²) in [5.74, 6) is 0.689. The van der Waals surface area contributed by atoms with Crippen LogP contribution < -0.4 is 5.73 Å². The fourth-order valence-corrected chi connectivity index (χ4v) is 3.15. The summed E-state index contributed by atoms with van der Waals surface area (Å²) in [6.07, 6.45) is 3.23. The van der Waals surface area contributed by atoms with Gasteiger partial charge < -0.3 is 10.6 Å². The van der Waals surface area contributed by atoms with Crippen molar-refractivity contribution in [1.29, 1.82) is 0 Å². The number of rotatable bonds is 1. The van der Waals surface area contributed by atoms with Gasteiger partial charge in [0.25, 0.3) is 5.91 Å². The number of benzene rings is 1. The van der Waals surface area contributed by atoms with Crippen LogP contribution in [0.1, 0.15) is 29.6 Å². The summed E-state index contributed by atoms with van der Waals surface area (Å²) in [5, 5.41) is 0. The number of carbonyl (C=O) groups excluding carboxylic acids is 1. The average Bonchev–Trinajstić information content (AvgIpc) is 2.74. The molecule has 2 fully saturated rings. The van der Waals surface area contributed by atoms with Gasteiger partial charge in [0.15, 0.2) is 0 Å². The van der Waals surface area contributed by atoms with Gasteiger partial charge in [0, 0.05) is 24.2 Å².